The van der Waals surface area contributed by atoms with Gasteiger partial charge in [0.05, 0.1) is 5.69 Å². The molecule has 1 unspecified atom stereocenters. The molecule has 2 heterocycles. The number of para-hydroxylation sites is 1. The standard InChI is InChI=1S/C18H21FN4O/c1-12-6-5-9-23(11-12)18(24)16-10-17(21-13(2)20-16)22-15-8-4-3-7-14(15)19/h3-4,7-8,10,12H,5-6,9,11H2,1-2H3,(H,20,21,22). The predicted molar refractivity (Wildman–Crippen MR) is 90.8 cm³/mol. The molecule has 0 saturated carbocycles. The molecule has 1 atom stereocenters. The second-order valence-corrected chi connectivity index (χ2v) is 6.29. The number of likely N-dealkylation sites (tertiary alicyclic amines) is 1. The average molecular weight is 328 g/mol. The van der Waals surface area contributed by atoms with Crippen LogP contribution in [0.3, 0.4) is 0 Å². The van der Waals surface area contributed by atoms with Crippen molar-refractivity contribution in [1.29, 1.82) is 0 Å². The Morgan fingerprint density at radius 3 is 2.88 bits per heavy atom. The molecule has 3 rings (SSSR count). The first-order chi connectivity index (χ1) is 11.5. The van der Waals surface area contributed by atoms with Gasteiger partial charge in [-0.25, -0.2) is 14.4 Å². The zero-order valence-corrected chi connectivity index (χ0v) is 13.9. The molecule has 1 aliphatic rings. The van der Waals surface area contributed by atoms with Crippen LogP contribution in [0.1, 0.15) is 36.1 Å². The van der Waals surface area contributed by atoms with Crippen LogP contribution >= 0.6 is 0 Å². The predicted octanol–water partition coefficient (Wildman–Crippen LogP) is 3.54. The van der Waals surface area contributed by atoms with E-state index >= 15 is 0 Å². The highest BCUT2D eigenvalue weighted by Gasteiger charge is 2.23. The van der Waals surface area contributed by atoms with Crippen LogP contribution in [0, 0.1) is 18.7 Å². The summed E-state index contributed by atoms with van der Waals surface area (Å²) in [6.07, 6.45) is 2.16. The number of hydrogen-bond donors (Lipinski definition) is 1. The van der Waals surface area contributed by atoms with Crippen LogP contribution in [-0.4, -0.2) is 33.9 Å². The fraction of sp³-hybridized carbons (Fsp3) is 0.389. The maximum absolute atomic E-state index is 13.8. The van der Waals surface area contributed by atoms with Gasteiger partial charge in [0.1, 0.15) is 23.2 Å². The van der Waals surface area contributed by atoms with E-state index in [-0.39, 0.29) is 11.7 Å². The number of aryl methyl sites for hydroxylation is 1. The van der Waals surface area contributed by atoms with Gasteiger partial charge in [-0.15, -0.1) is 0 Å². The molecule has 1 aliphatic heterocycles. The van der Waals surface area contributed by atoms with Gasteiger partial charge in [-0.05, 0) is 37.8 Å². The van der Waals surface area contributed by atoms with E-state index in [4.69, 9.17) is 0 Å². The molecule has 0 aliphatic carbocycles. The van der Waals surface area contributed by atoms with Crippen molar-refractivity contribution >= 4 is 17.4 Å². The summed E-state index contributed by atoms with van der Waals surface area (Å²) in [5.41, 5.74) is 0.663. The molecule has 1 amide bonds. The Bertz CT molecular complexity index is 750. The Kier molecular flexibility index (Phi) is 4.74. The third kappa shape index (κ3) is 3.69. The van der Waals surface area contributed by atoms with E-state index in [9.17, 15) is 9.18 Å². The number of benzene rings is 1. The van der Waals surface area contributed by atoms with Crippen LogP contribution in [0.4, 0.5) is 15.9 Å². The molecule has 0 radical (unpaired) electrons. The largest absolute Gasteiger partial charge is 0.338 e. The number of carbonyl (C=O) groups excluding carboxylic acids is 1. The van der Waals surface area contributed by atoms with E-state index in [0.717, 1.165) is 25.9 Å². The van der Waals surface area contributed by atoms with E-state index in [1.807, 2.05) is 4.90 Å². The van der Waals surface area contributed by atoms with Gasteiger partial charge >= 0.3 is 0 Å². The van der Waals surface area contributed by atoms with Gasteiger partial charge in [0, 0.05) is 19.2 Å². The van der Waals surface area contributed by atoms with Crippen LogP contribution in [0.2, 0.25) is 0 Å². The summed E-state index contributed by atoms with van der Waals surface area (Å²) in [5, 5.41) is 2.92. The van der Waals surface area contributed by atoms with Crippen molar-refractivity contribution < 1.29 is 9.18 Å². The lowest BCUT2D eigenvalue weighted by molar-refractivity contribution is 0.0676. The number of amides is 1. The lowest BCUT2D eigenvalue weighted by Gasteiger charge is -2.30. The van der Waals surface area contributed by atoms with Gasteiger partial charge in [0.2, 0.25) is 0 Å². The highest BCUT2D eigenvalue weighted by molar-refractivity contribution is 5.93. The zero-order valence-electron chi connectivity index (χ0n) is 13.9. The molecule has 1 N–H and O–H groups in total. The molecule has 1 fully saturated rings. The Hall–Kier alpha value is -2.50. The average Bonchev–Trinajstić information content (AvgIpc) is 2.56. The van der Waals surface area contributed by atoms with Crippen LogP contribution in [0.15, 0.2) is 30.3 Å². The normalized spacial score (nSPS) is 17.6. The molecule has 1 aromatic heterocycles. The molecule has 24 heavy (non-hydrogen) atoms. The molecule has 0 bridgehead atoms. The summed E-state index contributed by atoms with van der Waals surface area (Å²) in [4.78, 5) is 23.1. The maximum atomic E-state index is 13.8. The van der Waals surface area contributed by atoms with Crippen molar-refractivity contribution in [2.24, 2.45) is 5.92 Å². The maximum Gasteiger partial charge on any atom is 0.272 e. The Morgan fingerprint density at radius 2 is 2.12 bits per heavy atom. The third-order valence-corrected chi connectivity index (χ3v) is 4.14. The van der Waals surface area contributed by atoms with Gasteiger partial charge in [0.25, 0.3) is 5.91 Å². The van der Waals surface area contributed by atoms with Crippen molar-refractivity contribution in [3.63, 3.8) is 0 Å². The summed E-state index contributed by atoms with van der Waals surface area (Å²) in [6, 6.07) is 7.94. The van der Waals surface area contributed by atoms with Crippen molar-refractivity contribution in [3.8, 4) is 0 Å². The summed E-state index contributed by atoms with van der Waals surface area (Å²) in [5.74, 6) is 0.933. The minimum Gasteiger partial charge on any atom is -0.338 e. The van der Waals surface area contributed by atoms with Gasteiger partial charge < -0.3 is 10.2 Å². The van der Waals surface area contributed by atoms with Crippen LogP contribution in [0.5, 0.6) is 0 Å². The summed E-state index contributed by atoms with van der Waals surface area (Å²) >= 11 is 0. The minimum absolute atomic E-state index is 0.0939. The topological polar surface area (TPSA) is 58.1 Å². The monoisotopic (exact) mass is 328 g/mol. The van der Waals surface area contributed by atoms with Gasteiger partial charge in [-0.3, -0.25) is 4.79 Å². The van der Waals surface area contributed by atoms with E-state index in [2.05, 4.69) is 22.2 Å². The molecular formula is C18H21FN4O. The van der Waals surface area contributed by atoms with E-state index in [1.165, 1.54) is 6.07 Å². The fourth-order valence-electron chi connectivity index (χ4n) is 2.98. The number of carbonyl (C=O) groups is 1. The molecular weight excluding hydrogens is 307 g/mol. The number of rotatable bonds is 3. The highest BCUT2D eigenvalue weighted by Crippen LogP contribution is 2.21. The number of hydrogen-bond acceptors (Lipinski definition) is 4. The van der Waals surface area contributed by atoms with Gasteiger partial charge in [-0.1, -0.05) is 19.1 Å². The zero-order chi connectivity index (χ0) is 17.1. The molecule has 6 heteroatoms. The highest BCUT2D eigenvalue weighted by atomic mass is 19.1. The van der Waals surface area contributed by atoms with Crippen LogP contribution in [-0.2, 0) is 0 Å². The van der Waals surface area contributed by atoms with Crippen molar-refractivity contribution in [3.05, 3.63) is 47.7 Å². The number of aromatic nitrogens is 2. The Labute approximate surface area is 140 Å². The quantitative estimate of drug-likeness (QED) is 0.936. The van der Waals surface area contributed by atoms with E-state index in [1.54, 1.807) is 31.2 Å². The molecule has 5 nitrogen and oxygen atoms in total. The second kappa shape index (κ2) is 6.95. The first-order valence-electron chi connectivity index (χ1n) is 8.19. The summed E-state index contributed by atoms with van der Waals surface area (Å²) in [7, 11) is 0. The number of nitrogens with zero attached hydrogens (tertiary/aromatic N) is 3. The van der Waals surface area contributed by atoms with Crippen molar-refractivity contribution in [2.75, 3.05) is 18.4 Å². The van der Waals surface area contributed by atoms with Crippen molar-refractivity contribution in [2.45, 2.75) is 26.7 Å². The van der Waals surface area contributed by atoms with Gasteiger partial charge in [0.15, 0.2) is 0 Å². The second-order valence-electron chi connectivity index (χ2n) is 6.29. The Balaban J connectivity index is 1.83. The minimum atomic E-state index is -0.369. The van der Waals surface area contributed by atoms with Crippen LogP contribution < -0.4 is 5.32 Å². The number of anilines is 2. The van der Waals surface area contributed by atoms with Gasteiger partial charge in [-0.2, -0.15) is 0 Å². The van der Waals surface area contributed by atoms with E-state index < -0.39 is 0 Å². The number of halogens is 1. The summed E-state index contributed by atoms with van der Waals surface area (Å²) in [6.45, 7) is 5.37. The molecule has 1 saturated heterocycles. The smallest absolute Gasteiger partial charge is 0.272 e. The first kappa shape index (κ1) is 16.4. The molecule has 1 aromatic carbocycles. The SMILES string of the molecule is Cc1nc(Nc2ccccc2F)cc(C(=O)N2CCCC(C)C2)n1. The van der Waals surface area contributed by atoms with Crippen molar-refractivity contribution in [1.82, 2.24) is 14.9 Å². The molecule has 2 aromatic rings. The fourth-order valence-corrected chi connectivity index (χ4v) is 2.98. The first-order valence-corrected chi connectivity index (χ1v) is 8.19. The molecule has 0 spiro atoms. The Morgan fingerprint density at radius 1 is 1.33 bits per heavy atom. The number of nitrogens with one attached hydrogen (secondary N) is 1. The molecule has 126 valence electrons. The van der Waals surface area contributed by atoms with E-state index in [0.29, 0.717) is 28.9 Å². The third-order valence-electron chi connectivity index (χ3n) is 4.14. The lowest BCUT2D eigenvalue weighted by atomic mass is 10.00. The summed E-state index contributed by atoms with van der Waals surface area (Å²) < 4.78 is 13.8. The van der Waals surface area contributed by atoms with Crippen LogP contribution in [0.25, 0.3) is 0 Å². The lowest BCUT2D eigenvalue weighted by Crippen LogP contribution is -2.39. The number of piperidine rings is 1.